The van der Waals surface area contributed by atoms with Crippen molar-refractivity contribution in [2.75, 3.05) is 13.2 Å². The van der Waals surface area contributed by atoms with Crippen LogP contribution in [0.5, 0.6) is 0 Å². The van der Waals surface area contributed by atoms with Crippen LogP contribution in [0.25, 0.3) is 0 Å². The van der Waals surface area contributed by atoms with Crippen LogP contribution in [-0.4, -0.2) is 42.9 Å². The fourth-order valence-electron chi connectivity index (χ4n) is 3.48. The Hall–Kier alpha value is -0.100. The van der Waals surface area contributed by atoms with Crippen molar-refractivity contribution in [2.24, 2.45) is 5.92 Å². The van der Waals surface area contributed by atoms with Gasteiger partial charge in [-0.1, -0.05) is 6.92 Å². The van der Waals surface area contributed by atoms with Crippen molar-refractivity contribution < 1.29 is 19.0 Å². The SMILES string of the molecule is CC(=O)C(C)C[C@H]1CCC2OC3COC[C@@]2(C3)O1.S. The highest BCUT2D eigenvalue weighted by atomic mass is 32.1. The molecule has 0 aliphatic carbocycles. The van der Waals surface area contributed by atoms with Gasteiger partial charge < -0.3 is 14.2 Å². The van der Waals surface area contributed by atoms with E-state index < -0.39 is 0 Å². The van der Waals surface area contributed by atoms with Gasteiger partial charge in [0.05, 0.1) is 31.5 Å². The second-order valence-corrected chi connectivity index (χ2v) is 6.10. The smallest absolute Gasteiger partial charge is 0.132 e. The van der Waals surface area contributed by atoms with Crippen LogP contribution in [0, 0.1) is 5.92 Å². The molecule has 3 fully saturated rings. The zero-order valence-electron chi connectivity index (χ0n) is 11.7. The molecule has 0 aromatic rings. The fourth-order valence-corrected chi connectivity index (χ4v) is 3.48. The summed E-state index contributed by atoms with van der Waals surface area (Å²) in [4.78, 5) is 11.4. The first kappa shape index (κ1) is 15.3. The summed E-state index contributed by atoms with van der Waals surface area (Å²) in [5, 5.41) is 0. The highest BCUT2D eigenvalue weighted by molar-refractivity contribution is 7.59. The summed E-state index contributed by atoms with van der Waals surface area (Å²) in [6.07, 6.45) is 4.43. The first-order chi connectivity index (χ1) is 8.59. The van der Waals surface area contributed by atoms with Crippen LogP contribution < -0.4 is 0 Å². The average Bonchev–Trinajstić information content (AvgIpc) is 2.58. The monoisotopic (exact) mass is 288 g/mol. The Labute approximate surface area is 121 Å². The lowest BCUT2D eigenvalue weighted by molar-refractivity contribution is -0.187. The van der Waals surface area contributed by atoms with Crippen molar-refractivity contribution in [1.82, 2.24) is 0 Å². The second kappa shape index (κ2) is 5.72. The summed E-state index contributed by atoms with van der Waals surface area (Å²) in [5.74, 6) is 0.337. The summed E-state index contributed by atoms with van der Waals surface area (Å²) in [5.41, 5.74) is -0.220. The number of rotatable bonds is 3. The summed E-state index contributed by atoms with van der Waals surface area (Å²) in [6, 6.07) is 0. The van der Waals surface area contributed by atoms with Crippen LogP contribution in [0.4, 0.5) is 0 Å². The third kappa shape index (κ3) is 2.84. The van der Waals surface area contributed by atoms with Gasteiger partial charge >= 0.3 is 0 Å². The molecule has 3 saturated heterocycles. The second-order valence-electron chi connectivity index (χ2n) is 6.10. The molecule has 3 aliphatic rings. The fraction of sp³-hybridized carbons (Fsp3) is 0.929. The van der Waals surface area contributed by atoms with E-state index in [0.717, 1.165) is 25.7 Å². The van der Waals surface area contributed by atoms with E-state index >= 15 is 0 Å². The van der Waals surface area contributed by atoms with E-state index in [0.29, 0.717) is 13.2 Å². The molecule has 0 aromatic heterocycles. The van der Waals surface area contributed by atoms with Crippen molar-refractivity contribution in [1.29, 1.82) is 0 Å². The van der Waals surface area contributed by atoms with Gasteiger partial charge in [0.25, 0.3) is 0 Å². The van der Waals surface area contributed by atoms with Crippen LogP contribution in [-0.2, 0) is 19.0 Å². The number of ketones is 1. The van der Waals surface area contributed by atoms with E-state index in [2.05, 4.69) is 0 Å². The van der Waals surface area contributed by atoms with Gasteiger partial charge in [-0.15, -0.1) is 0 Å². The lowest BCUT2D eigenvalue weighted by Gasteiger charge is -2.42. The predicted octanol–water partition coefficient (Wildman–Crippen LogP) is 1.82. The Morgan fingerprint density at radius 2 is 2.21 bits per heavy atom. The van der Waals surface area contributed by atoms with Crippen LogP contribution >= 0.6 is 13.5 Å². The first-order valence-corrected chi connectivity index (χ1v) is 7.00. The van der Waals surface area contributed by atoms with Crippen molar-refractivity contribution in [3.63, 3.8) is 0 Å². The summed E-state index contributed by atoms with van der Waals surface area (Å²) >= 11 is 0. The Kier molecular flexibility index (Phi) is 4.60. The Morgan fingerprint density at radius 1 is 1.42 bits per heavy atom. The van der Waals surface area contributed by atoms with Crippen molar-refractivity contribution in [3.8, 4) is 0 Å². The summed E-state index contributed by atoms with van der Waals surface area (Å²) in [6.45, 7) is 5.00. The number of hydrogen-bond acceptors (Lipinski definition) is 4. The lowest BCUT2D eigenvalue weighted by atomic mass is 9.84. The molecule has 19 heavy (non-hydrogen) atoms. The number of ether oxygens (including phenoxy) is 3. The van der Waals surface area contributed by atoms with E-state index in [4.69, 9.17) is 14.2 Å². The lowest BCUT2D eigenvalue weighted by Crippen LogP contribution is -2.53. The normalized spacial score (nSPS) is 42.1. The average molecular weight is 288 g/mol. The standard InChI is InChI=1S/C14H22O4.H2S/c1-9(10(2)15)5-11-3-4-13-14(18-11)6-12(17-13)7-16-8-14;/h9,11-13H,3-8H2,1-2H3;1H2/t9?,11-,12?,13?,14-;/m1./s1. The van der Waals surface area contributed by atoms with Crippen LogP contribution in [0.15, 0.2) is 0 Å². The van der Waals surface area contributed by atoms with Crippen molar-refractivity contribution in [3.05, 3.63) is 0 Å². The molecule has 110 valence electrons. The number of carbonyl (C=O) groups is 1. The quantitative estimate of drug-likeness (QED) is 0.794. The molecule has 5 atom stereocenters. The molecule has 3 unspecified atom stereocenters. The predicted molar refractivity (Wildman–Crippen MR) is 75.8 cm³/mol. The van der Waals surface area contributed by atoms with E-state index in [1.165, 1.54) is 0 Å². The van der Waals surface area contributed by atoms with Crippen molar-refractivity contribution >= 4 is 19.3 Å². The number of hydrogen-bond donors (Lipinski definition) is 0. The minimum atomic E-state index is -0.220. The third-order valence-electron chi connectivity index (χ3n) is 4.63. The van der Waals surface area contributed by atoms with E-state index in [1.807, 2.05) is 6.92 Å². The number of carbonyl (C=O) groups excluding carboxylic acids is 1. The first-order valence-electron chi connectivity index (χ1n) is 7.00. The summed E-state index contributed by atoms with van der Waals surface area (Å²) < 4.78 is 17.9. The van der Waals surface area contributed by atoms with Crippen LogP contribution in [0.1, 0.15) is 39.5 Å². The Morgan fingerprint density at radius 3 is 2.95 bits per heavy atom. The molecule has 3 heterocycles. The topological polar surface area (TPSA) is 44.8 Å². The molecular weight excluding hydrogens is 264 g/mol. The van der Waals surface area contributed by atoms with E-state index in [-0.39, 0.29) is 49.1 Å². The van der Waals surface area contributed by atoms with Crippen LogP contribution in [0.2, 0.25) is 0 Å². The van der Waals surface area contributed by atoms with Gasteiger partial charge in [-0.05, 0) is 26.2 Å². The van der Waals surface area contributed by atoms with Gasteiger partial charge in [-0.25, -0.2) is 0 Å². The molecule has 0 aromatic carbocycles. The Balaban J connectivity index is 0.00000133. The molecule has 0 N–H and O–H groups in total. The molecule has 1 spiro atoms. The maximum Gasteiger partial charge on any atom is 0.132 e. The molecule has 0 amide bonds. The molecule has 3 rings (SSSR count). The largest absolute Gasteiger partial charge is 0.376 e. The van der Waals surface area contributed by atoms with Gasteiger partial charge in [0.1, 0.15) is 11.4 Å². The highest BCUT2D eigenvalue weighted by Crippen LogP contribution is 2.45. The highest BCUT2D eigenvalue weighted by Gasteiger charge is 2.55. The third-order valence-corrected chi connectivity index (χ3v) is 4.63. The van der Waals surface area contributed by atoms with E-state index in [1.54, 1.807) is 6.92 Å². The van der Waals surface area contributed by atoms with E-state index in [9.17, 15) is 4.79 Å². The molecule has 4 nitrogen and oxygen atoms in total. The summed E-state index contributed by atoms with van der Waals surface area (Å²) in [7, 11) is 0. The molecular formula is C14H24O4S. The van der Waals surface area contributed by atoms with Crippen LogP contribution in [0.3, 0.4) is 0 Å². The number of Topliss-reactive ketones (excluding diaryl/α,β-unsaturated/α-hetero) is 1. The molecule has 2 bridgehead atoms. The van der Waals surface area contributed by atoms with Gasteiger partial charge in [0.2, 0.25) is 0 Å². The zero-order valence-corrected chi connectivity index (χ0v) is 12.7. The van der Waals surface area contributed by atoms with Gasteiger partial charge in [0.15, 0.2) is 0 Å². The minimum Gasteiger partial charge on any atom is -0.376 e. The molecule has 5 heteroatoms. The maximum atomic E-state index is 11.4. The maximum absolute atomic E-state index is 11.4. The minimum absolute atomic E-state index is 0. The van der Waals surface area contributed by atoms with Gasteiger partial charge in [0, 0.05) is 12.3 Å². The number of fused-ring (bicyclic) bond motifs is 1. The van der Waals surface area contributed by atoms with Gasteiger partial charge in [-0.3, -0.25) is 4.79 Å². The Bertz CT molecular complexity index is 348. The molecule has 0 saturated carbocycles. The molecule has 3 aliphatic heterocycles. The zero-order chi connectivity index (χ0) is 12.8. The molecule has 0 radical (unpaired) electrons. The van der Waals surface area contributed by atoms with Gasteiger partial charge in [-0.2, -0.15) is 13.5 Å². The van der Waals surface area contributed by atoms with Crippen molar-refractivity contribution in [2.45, 2.75) is 63.4 Å².